The van der Waals surface area contributed by atoms with Gasteiger partial charge < -0.3 is 21.3 Å². The van der Waals surface area contributed by atoms with E-state index in [1.165, 1.54) is 0 Å². The van der Waals surface area contributed by atoms with E-state index in [1.54, 1.807) is 22.0 Å². The largest absolute Gasteiger partial charge is 0.381 e. The van der Waals surface area contributed by atoms with Gasteiger partial charge in [0.2, 0.25) is 0 Å². The lowest BCUT2D eigenvalue weighted by molar-refractivity contribution is 0.0936. The van der Waals surface area contributed by atoms with Gasteiger partial charge in [0.15, 0.2) is 5.65 Å². The maximum absolute atomic E-state index is 13.5. The second kappa shape index (κ2) is 10.5. The number of primary amides is 1. The van der Waals surface area contributed by atoms with Gasteiger partial charge >= 0.3 is 6.03 Å². The fourth-order valence-electron chi connectivity index (χ4n) is 4.52. The number of nitrogens with zero attached hydrogens (tertiary/aromatic N) is 4. The zero-order valence-corrected chi connectivity index (χ0v) is 21.1. The molecule has 0 bridgehead atoms. The van der Waals surface area contributed by atoms with E-state index in [0.717, 1.165) is 35.0 Å². The molecule has 2 aromatic heterocycles. The van der Waals surface area contributed by atoms with Gasteiger partial charge in [-0.15, -0.1) is 0 Å². The molecule has 9 nitrogen and oxygen atoms in total. The number of rotatable bonds is 7. The normalized spacial score (nSPS) is 15.3. The summed E-state index contributed by atoms with van der Waals surface area (Å²) in [4.78, 5) is 31.3. The summed E-state index contributed by atoms with van der Waals surface area (Å²) in [5, 5.41) is 12.6. The van der Waals surface area contributed by atoms with Gasteiger partial charge in [-0.1, -0.05) is 30.7 Å². The monoisotopic (exact) mass is 497 g/mol. The average molecular weight is 498 g/mol. The summed E-state index contributed by atoms with van der Waals surface area (Å²) >= 11 is 6.34. The highest BCUT2D eigenvalue weighted by Gasteiger charge is 2.26. The molecule has 186 valence electrons. The van der Waals surface area contributed by atoms with Gasteiger partial charge in [-0.2, -0.15) is 5.10 Å². The highest BCUT2D eigenvalue weighted by molar-refractivity contribution is 6.31. The number of pyridine rings is 1. The van der Waals surface area contributed by atoms with Crippen molar-refractivity contribution in [2.24, 2.45) is 5.73 Å². The van der Waals surface area contributed by atoms with Crippen LogP contribution in [0.15, 0.2) is 30.6 Å². The van der Waals surface area contributed by atoms with Crippen LogP contribution in [-0.2, 0) is 6.54 Å². The fraction of sp³-hybridized carbons (Fsp3) is 0.440. The molecule has 10 heteroatoms. The molecule has 0 radical (unpaired) electrons. The van der Waals surface area contributed by atoms with Crippen molar-refractivity contribution < 1.29 is 9.59 Å². The zero-order chi connectivity index (χ0) is 25.1. The maximum atomic E-state index is 13.5. The van der Waals surface area contributed by atoms with Gasteiger partial charge in [-0.05, 0) is 50.3 Å². The summed E-state index contributed by atoms with van der Waals surface area (Å²) < 4.78 is 1.81. The quantitative estimate of drug-likeness (QED) is 0.451. The lowest BCUT2D eigenvalue weighted by Gasteiger charge is -2.32. The summed E-state index contributed by atoms with van der Waals surface area (Å²) in [6.07, 6.45) is 5.54. The molecule has 3 amide bonds. The van der Waals surface area contributed by atoms with Gasteiger partial charge in [0.05, 0.1) is 28.9 Å². The Morgan fingerprint density at radius 3 is 2.60 bits per heavy atom. The Balaban J connectivity index is 1.63. The fourth-order valence-corrected chi connectivity index (χ4v) is 4.71. The highest BCUT2D eigenvalue weighted by Crippen LogP contribution is 2.30. The van der Waals surface area contributed by atoms with E-state index in [4.69, 9.17) is 17.3 Å². The number of hydrogen-bond donors (Lipinski definition) is 3. The van der Waals surface area contributed by atoms with Crippen LogP contribution in [0.2, 0.25) is 5.02 Å². The van der Waals surface area contributed by atoms with Crippen LogP contribution in [0.5, 0.6) is 0 Å². The number of aromatic nitrogens is 3. The number of fused-ring (bicyclic) bond motifs is 1. The van der Waals surface area contributed by atoms with E-state index >= 15 is 0 Å². The molecule has 0 aliphatic carbocycles. The predicted molar refractivity (Wildman–Crippen MR) is 138 cm³/mol. The first-order valence-corrected chi connectivity index (χ1v) is 12.4. The van der Waals surface area contributed by atoms with Crippen LogP contribution in [0.1, 0.15) is 60.6 Å². The van der Waals surface area contributed by atoms with Crippen LogP contribution in [-0.4, -0.2) is 50.7 Å². The van der Waals surface area contributed by atoms with Crippen molar-refractivity contribution in [3.63, 3.8) is 0 Å². The SMILES string of the molecule is CCC(NC(=O)c1cnc2c(cnn2CC)c1NC1CCN(C(N)=O)CC1)c1ccc(C)c(Cl)c1. The van der Waals surface area contributed by atoms with Crippen LogP contribution in [0.3, 0.4) is 0 Å². The third kappa shape index (κ3) is 5.19. The molecule has 35 heavy (non-hydrogen) atoms. The number of aryl methyl sites for hydroxylation is 2. The Hall–Kier alpha value is -3.33. The van der Waals surface area contributed by atoms with Crippen molar-refractivity contribution in [2.45, 2.75) is 58.7 Å². The van der Waals surface area contributed by atoms with Crippen molar-refractivity contribution >= 4 is 40.3 Å². The summed E-state index contributed by atoms with van der Waals surface area (Å²) in [7, 11) is 0. The number of benzene rings is 1. The van der Waals surface area contributed by atoms with Crippen molar-refractivity contribution in [1.82, 2.24) is 25.0 Å². The number of nitrogens with one attached hydrogen (secondary N) is 2. The van der Waals surface area contributed by atoms with Gasteiger partial charge in [-0.3, -0.25) is 4.79 Å². The van der Waals surface area contributed by atoms with Crippen molar-refractivity contribution in [1.29, 1.82) is 0 Å². The highest BCUT2D eigenvalue weighted by atomic mass is 35.5. The Bertz CT molecular complexity index is 1230. The first-order valence-electron chi connectivity index (χ1n) is 12.0. The number of amides is 3. The maximum Gasteiger partial charge on any atom is 0.314 e. The first-order chi connectivity index (χ1) is 16.8. The Morgan fingerprint density at radius 2 is 1.97 bits per heavy atom. The lowest BCUT2D eigenvalue weighted by atomic mass is 10.0. The van der Waals surface area contributed by atoms with E-state index < -0.39 is 6.03 Å². The van der Waals surface area contributed by atoms with Crippen LogP contribution in [0.4, 0.5) is 10.5 Å². The second-order valence-corrected chi connectivity index (χ2v) is 9.34. The minimum Gasteiger partial charge on any atom is -0.381 e. The second-order valence-electron chi connectivity index (χ2n) is 8.93. The zero-order valence-electron chi connectivity index (χ0n) is 20.3. The molecule has 1 fully saturated rings. The molecule has 1 atom stereocenters. The van der Waals surface area contributed by atoms with Gasteiger partial charge in [0.25, 0.3) is 5.91 Å². The minimum atomic E-state index is -0.402. The topological polar surface area (TPSA) is 118 Å². The summed E-state index contributed by atoms with van der Waals surface area (Å²) in [6, 6.07) is 5.36. The summed E-state index contributed by atoms with van der Waals surface area (Å²) in [6.45, 7) is 7.79. The van der Waals surface area contributed by atoms with E-state index in [0.29, 0.717) is 42.3 Å². The minimum absolute atomic E-state index is 0.0885. The molecular formula is C25H32ClN7O2. The molecule has 1 aromatic carbocycles. The lowest BCUT2D eigenvalue weighted by Crippen LogP contribution is -2.45. The number of urea groups is 1. The average Bonchev–Trinajstić information content (AvgIpc) is 3.28. The molecule has 0 saturated carbocycles. The molecule has 1 unspecified atom stereocenters. The molecule has 0 spiro atoms. The van der Waals surface area contributed by atoms with Crippen molar-refractivity contribution in [3.05, 3.63) is 52.3 Å². The predicted octanol–water partition coefficient (Wildman–Crippen LogP) is 4.25. The van der Waals surface area contributed by atoms with Gasteiger partial charge in [-0.25, -0.2) is 14.5 Å². The van der Waals surface area contributed by atoms with Crippen LogP contribution < -0.4 is 16.4 Å². The van der Waals surface area contributed by atoms with E-state index in [1.807, 2.05) is 39.0 Å². The molecule has 3 aromatic rings. The first kappa shape index (κ1) is 24.8. The molecule has 1 saturated heterocycles. The van der Waals surface area contributed by atoms with Crippen LogP contribution in [0.25, 0.3) is 11.0 Å². The Labute approximate surface area is 210 Å². The molecule has 4 rings (SSSR count). The number of carbonyl (C=O) groups is 2. The molecular weight excluding hydrogens is 466 g/mol. The Morgan fingerprint density at radius 1 is 1.23 bits per heavy atom. The molecule has 1 aliphatic heterocycles. The number of anilines is 1. The van der Waals surface area contributed by atoms with Crippen LogP contribution >= 0.6 is 11.6 Å². The number of nitrogens with two attached hydrogens (primary N) is 1. The number of likely N-dealkylation sites (tertiary alicyclic amines) is 1. The van der Waals surface area contributed by atoms with E-state index in [-0.39, 0.29) is 18.0 Å². The number of piperidine rings is 1. The molecule has 1 aliphatic rings. The number of carbonyl (C=O) groups excluding carboxylic acids is 2. The molecule has 3 heterocycles. The number of hydrogen-bond acceptors (Lipinski definition) is 5. The molecule has 4 N–H and O–H groups in total. The van der Waals surface area contributed by atoms with E-state index in [2.05, 4.69) is 20.7 Å². The summed E-state index contributed by atoms with van der Waals surface area (Å²) in [5.41, 5.74) is 9.27. The summed E-state index contributed by atoms with van der Waals surface area (Å²) in [5.74, 6) is -0.218. The van der Waals surface area contributed by atoms with Crippen molar-refractivity contribution in [3.8, 4) is 0 Å². The van der Waals surface area contributed by atoms with Gasteiger partial charge in [0.1, 0.15) is 0 Å². The number of halogens is 1. The third-order valence-corrected chi connectivity index (χ3v) is 7.08. The smallest absolute Gasteiger partial charge is 0.314 e. The standard InChI is InChI=1S/C25H32ClN7O2/c1-4-21(16-7-6-15(3)20(26)12-16)31-24(34)19-13-28-23-18(14-29-33(23)5-2)22(19)30-17-8-10-32(11-9-17)25(27)35/h6-7,12-14,17,21H,4-5,8-11H2,1-3H3,(H2,27,35)(H,28,30)(H,31,34). The third-order valence-electron chi connectivity index (χ3n) is 6.68. The van der Waals surface area contributed by atoms with E-state index in [9.17, 15) is 9.59 Å². The van der Waals surface area contributed by atoms with Crippen LogP contribution in [0, 0.1) is 6.92 Å². The van der Waals surface area contributed by atoms with Gasteiger partial charge in [0, 0.05) is 36.9 Å². The Kier molecular flexibility index (Phi) is 7.45. The van der Waals surface area contributed by atoms with Crippen molar-refractivity contribution in [2.75, 3.05) is 18.4 Å².